The molecule has 2 N–H and O–H groups in total. The lowest BCUT2D eigenvalue weighted by atomic mass is 9.91. The predicted molar refractivity (Wildman–Crippen MR) is 59.8 cm³/mol. The molecule has 0 bridgehead atoms. The number of hydrogen-bond donors (Lipinski definition) is 2. The summed E-state index contributed by atoms with van der Waals surface area (Å²) in [5.41, 5.74) is 0.974. The maximum atomic E-state index is 11.1. The zero-order valence-corrected chi connectivity index (χ0v) is 9.14. The zero-order valence-electron chi connectivity index (χ0n) is 9.14. The molecule has 86 valence electrons. The topological polar surface area (TPSA) is 58.6 Å². The summed E-state index contributed by atoms with van der Waals surface area (Å²) >= 11 is 0. The Morgan fingerprint density at radius 1 is 1.50 bits per heavy atom. The van der Waals surface area contributed by atoms with Crippen molar-refractivity contribution < 1.29 is 14.6 Å². The van der Waals surface area contributed by atoms with Crippen LogP contribution in [0.5, 0.6) is 5.75 Å². The lowest BCUT2D eigenvalue weighted by Crippen LogP contribution is -2.34. The molecule has 0 radical (unpaired) electrons. The van der Waals surface area contributed by atoms with Crippen LogP contribution in [0.1, 0.15) is 17.9 Å². The predicted octanol–water partition coefficient (Wildman–Crippen LogP) is 1.23. The summed E-state index contributed by atoms with van der Waals surface area (Å²) in [6.07, 6.45) is 0.831. The van der Waals surface area contributed by atoms with Gasteiger partial charge in [-0.25, -0.2) is 0 Å². The van der Waals surface area contributed by atoms with E-state index < -0.39 is 12.0 Å². The Balaban J connectivity index is 2.32. The molecular formula is C12H15NO3. The molecule has 1 heterocycles. The van der Waals surface area contributed by atoms with Crippen LogP contribution in [0.3, 0.4) is 0 Å². The van der Waals surface area contributed by atoms with Gasteiger partial charge in [-0.15, -0.1) is 0 Å². The number of ether oxygens (including phenoxy) is 1. The standard InChI is InChI=1S/C12H15NO3/c1-16-10-5-3-2-4-8(10)9-6-7-13-11(9)12(14)15/h2-5,9,11,13H,6-7H2,1H3,(H,14,15). The van der Waals surface area contributed by atoms with Crippen molar-refractivity contribution in [3.05, 3.63) is 29.8 Å². The van der Waals surface area contributed by atoms with Gasteiger partial charge in [-0.3, -0.25) is 4.79 Å². The normalized spacial score (nSPS) is 24.3. The first-order valence-corrected chi connectivity index (χ1v) is 5.33. The third kappa shape index (κ3) is 1.88. The van der Waals surface area contributed by atoms with Crippen LogP contribution in [0, 0.1) is 0 Å². The molecule has 0 aromatic heterocycles. The Labute approximate surface area is 94.2 Å². The summed E-state index contributed by atoms with van der Waals surface area (Å²) < 4.78 is 5.27. The molecule has 0 saturated carbocycles. The number of para-hydroxylation sites is 1. The van der Waals surface area contributed by atoms with Crippen LogP contribution in [-0.4, -0.2) is 30.8 Å². The minimum Gasteiger partial charge on any atom is -0.496 e. The number of carbonyl (C=O) groups is 1. The molecule has 0 aliphatic carbocycles. The molecule has 4 nitrogen and oxygen atoms in total. The summed E-state index contributed by atoms with van der Waals surface area (Å²) in [7, 11) is 1.61. The van der Waals surface area contributed by atoms with Crippen LogP contribution in [0.2, 0.25) is 0 Å². The van der Waals surface area contributed by atoms with Crippen molar-refractivity contribution in [1.82, 2.24) is 5.32 Å². The quantitative estimate of drug-likeness (QED) is 0.806. The van der Waals surface area contributed by atoms with Gasteiger partial charge in [-0.2, -0.15) is 0 Å². The molecule has 1 fully saturated rings. The van der Waals surface area contributed by atoms with Crippen LogP contribution in [0.15, 0.2) is 24.3 Å². The number of benzene rings is 1. The van der Waals surface area contributed by atoms with Crippen LogP contribution in [-0.2, 0) is 4.79 Å². The van der Waals surface area contributed by atoms with Crippen molar-refractivity contribution in [3.63, 3.8) is 0 Å². The van der Waals surface area contributed by atoms with Crippen molar-refractivity contribution >= 4 is 5.97 Å². The van der Waals surface area contributed by atoms with Crippen LogP contribution in [0.25, 0.3) is 0 Å². The number of methoxy groups -OCH3 is 1. The highest BCUT2D eigenvalue weighted by molar-refractivity contribution is 5.75. The van der Waals surface area contributed by atoms with E-state index >= 15 is 0 Å². The lowest BCUT2D eigenvalue weighted by Gasteiger charge is -2.18. The van der Waals surface area contributed by atoms with Crippen molar-refractivity contribution in [3.8, 4) is 5.75 Å². The van der Waals surface area contributed by atoms with E-state index in [0.717, 1.165) is 24.3 Å². The highest BCUT2D eigenvalue weighted by Crippen LogP contribution is 2.33. The zero-order chi connectivity index (χ0) is 11.5. The average Bonchev–Trinajstić information content (AvgIpc) is 2.77. The molecule has 1 aliphatic rings. The van der Waals surface area contributed by atoms with Gasteiger partial charge in [0.2, 0.25) is 0 Å². The minimum atomic E-state index is -0.798. The third-order valence-electron chi connectivity index (χ3n) is 3.03. The van der Waals surface area contributed by atoms with E-state index in [9.17, 15) is 4.79 Å². The number of carboxylic acid groups (broad SMARTS) is 1. The molecule has 16 heavy (non-hydrogen) atoms. The fraction of sp³-hybridized carbons (Fsp3) is 0.417. The molecule has 2 unspecified atom stereocenters. The second kappa shape index (κ2) is 4.53. The molecule has 4 heteroatoms. The Morgan fingerprint density at radius 2 is 2.25 bits per heavy atom. The van der Waals surface area contributed by atoms with Gasteiger partial charge in [0, 0.05) is 5.92 Å². The summed E-state index contributed by atoms with van der Waals surface area (Å²) in [6, 6.07) is 7.10. The van der Waals surface area contributed by atoms with E-state index in [1.807, 2.05) is 24.3 Å². The van der Waals surface area contributed by atoms with Gasteiger partial charge in [0.1, 0.15) is 11.8 Å². The van der Waals surface area contributed by atoms with Gasteiger partial charge in [-0.05, 0) is 24.6 Å². The minimum absolute atomic E-state index is 0.00588. The first-order valence-electron chi connectivity index (χ1n) is 5.33. The van der Waals surface area contributed by atoms with E-state index in [-0.39, 0.29) is 5.92 Å². The highest BCUT2D eigenvalue weighted by atomic mass is 16.5. The fourth-order valence-electron chi connectivity index (χ4n) is 2.27. The first-order chi connectivity index (χ1) is 7.74. The molecule has 2 rings (SSSR count). The van der Waals surface area contributed by atoms with E-state index in [4.69, 9.17) is 9.84 Å². The van der Waals surface area contributed by atoms with E-state index in [1.165, 1.54) is 0 Å². The number of nitrogens with one attached hydrogen (secondary N) is 1. The summed E-state index contributed by atoms with van der Waals surface area (Å²) in [6.45, 7) is 0.736. The molecule has 0 amide bonds. The highest BCUT2D eigenvalue weighted by Gasteiger charge is 2.34. The van der Waals surface area contributed by atoms with Gasteiger partial charge in [0.25, 0.3) is 0 Å². The second-order valence-corrected chi connectivity index (χ2v) is 3.91. The van der Waals surface area contributed by atoms with Gasteiger partial charge >= 0.3 is 5.97 Å². The molecule has 1 aliphatic heterocycles. The third-order valence-corrected chi connectivity index (χ3v) is 3.03. The van der Waals surface area contributed by atoms with Crippen molar-refractivity contribution in [2.24, 2.45) is 0 Å². The molecule has 1 aromatic carbocycles. The largest absolute Gasteiger partial charge is 0.496 e. The van der Waals surface area contributed by atoms with Gasteiger partial charge in [0.05, 0.1) is 7.11 Å². The maximum Gasteiger partial charge on any atom is 0.321 e. The van der Waals surface area contributed by atoms with E-state index in [0.29, 0.717) is 0 Å². The van der Waals surface area contributed by atoms with Gasteiger partial charge in [0.15, 0.2) is 0 Å². The number of rotatable bonds is 3. The average molecular weight is 221 g/mol. The Kier molecular flexibility index (Phi) is 3.10. The van der Waals surface area contributed by atoms with E-state index in [1.54, 1.807) is 7.11 Å². The van der Waals surface area contributed by atoms with Crippen LogP contribution in [0.4, 0.5) is 0 Å². The molecule has 1 aromatic rings. The summed E-state index contributed by atoms with van der Waals surface area (Å²) in [4.78, 5) is 11.1. The van der Waals surface area contributed by atoms with Gasteiger partial charge < -0.3 is 15.2 Å². The van der Waals surface area contributed by atoms with Crippen molar-refractivity contribution in [1.29, 1.82) is 0 Å². The van der Waals surface area contributed by atoms with E-state index in [2.05, 4.69) is 5.32 Å². The lowest BCUT2D eigenvalue weighted by molar-refractivity contribution is -0.139. The number of hydrogen-bond acceptors (Lipinski definition) is 3. The Hall–Kier alpha value is -1.55. The SMILES string of the molecule is COc1ccccc1C1CCNC1C(=O)O. The summed E-state index contributed by atoms with van der Waals surface area (Å²) in [5, 5.41) is 12.1. The second-order valence-electron chi connectivity index (χ2n) is 3.91. The molecule has 1 saturated heterocycles. The van der Waals surface area contributed by atoms with Crippen molar-refractivity contribution in [2.75, 3.05) is 13.7 Å². The first kappa shape index (κ1) is 11.0. The monoisotopic (exact) mass is 221 g/mol. The fourth-order valence-corrected chi connectivity index (χ4v) is 2.27. The Bertz CT molecular complexity index is 392. The molecule has 2 atom stereocenters. The van der Waals surface area contributed by atoms with Crippen molar-refractivity contribution in [2.45, 2.75) is 18.4 Å². The Morgan fingerprint density at radius 3 is 2.94 bits per heavy atom. The molecular weight excluding hydrogens is 206 g/mol. The van der Waals surface area contributed by atoms with Crippen LogP contribution >= 0.6 is 0 Å². The smallest absolute Gasteiger partial charge is 0.321 e. The van der Waals surface area contributed by atoms with Crippen LogP contribution < -0.4 is 10.1 Å². The summed E-state index contributed by atoms with van der Waals surface area (Å²) in [5.74, 6) is -0.0375. The molecule has 0 spiro atoms. The number of aliphatic carboxylic acids is 1. The number of carboxylic acids is 1. The van der Waals surface area contributed by atoms with Gasteiger partial charge in [-0.1, -0.05) is 18.2 Å². The maximum absolute atomic E-state index is 11.1.